The molecule has 21 heavy (non-hydrogen) atoms. The summed E-state index contributed by atoms with van der Waals surface area (Å²) in [6, 6.07) is 15.1. The van der Waals surface area contributed by atoms with Gasteiger partial charge in [0.2, 0.25) is 0 Å². The van der Waals surface area contributed by atoms with Crippen LogP contribution in [0.4, 0.5) is 5.69 Å². The van der Waals surface area contributed by atoms with Crippen molar-refractivity contribution >= 4 is 11.6 Å². The topological polar surface area (TPSA) is 58.4 Å². The highest BCUT2D eigenvalue weighted by atomic mass is 16.1. The van der Waals surface area contributed by atoms with Crippen molar-refractivity contribution in [3.8, 4) is 0 Å². The van der Waals surface area contributed by atoms with E-state index in [9.17, 15) is 4.79 Å². The number of carbonyl (C=O) groups is 1. The van der Waals surface area contributed by atoms with Crippen molar-refractivity contribution in [3.05, 3.63) is 65.2 Å². The number of amides is 1. The molecule has 0 aliphatic carbocycles. The van der Waals surface area contributed by atoms with Gasteiger partial charge in [-0.05, 0) is 49.5 Å². The minimum atomic E-state index is -0.0883. The van der Waals surface area contributed by atoms with Crippen molar-refractivity contribution in [2.45, 2.75) is 13.1 Å². The second-order valence-electron chi connectivity index (χ2n) is 5.31. The molecular weight excluding hydrogens is 262 g/mol. The summed E-state index contributed by atoms with van der Waals surface area (Å²) in [5.74, 6) is -0.0883. The maximum absolute atomic E-state index is 12.1. The van der Waals surface area contributed by atoms with E-state index < -0.39 is 0 Å². The maximum Gasteiger partial charge on any atom is 0.251 e. The van der Waals surface area contributed by atoms with Gasteiger partial charge in [-0.3, -0.25) is 4.79 Å². The van der Waals surface area contributed by atoms with Crippen LogP contribution in [0.1, 0.15) is 21.5 Å². The highest BCUT2D eigenvalue weighted by Gasteiger charge is 2.07. The van der Waals surface area contributed by atoms with Crippen LogP contribution in [0, 0.1) is 0 Å². The van der Waals surface area contributed by atoms with Crippen LogP contribution < -0.4 is 11.1 Å². The number of nitrogens with two attached hydrogens (primary N) is 1. The van der Waals surface area contributed by atoms with Gasteiger partial charge in [0.05, 0.1) is 0 Å². The van der Waals surface area contributed by atoms with Crippen molar-refractivity contribution in [1.82, 2.24) is 10.2 Å². The molecule has 0 saturated carbocycles. The van der Waals surface area contributed by atoms with Crippen molar-refractivity contribution < 1.29 is 4.79 Å². The fraction of sp³-hybridized carbons (Fsp3) is 0.235. The summed E-state index contributed by atoms with van der Waals surface area (Å²) in [7, 11) is 4.06. The molecule has 0 aliphatic heterocycles. The number of anilines is 1. The lowest BCUT2D eigenvalue weighted by Gasteiger charge is -2.14. The smallest absolute Gasteiger partial charge is 0.251 e. The molecule has 3 N–H and O–H groups in total. The molecule has 2 rings (SSSR count). The molecule has 4 nitrogen and oxygen atoms in total. The SMILES string of the molecule is CN(C)Cc1ccccc1CNC(=O)c1ccc(N)cc1. The van der Waals surface area contributed by atoms with Gasteiger partial charge < -0.3 is 16.0 Å². The first kappa shape index (κ1) is 15.1. The molecule has 0 bridgehead atoms. The Morgan fingerprint density at radius 3 is 2.29 bits per heavy atom. The molecule has 0 aromatic heterocycles. The van der Waals surface area contributed by atoms with Crippen molar-refractivity contribution in [3.63, 3.8) is 0 Å². The fourth-order valence-corrected chi connectivity index (χ4v) is 2.14. The zero-order chi connectivity index (χ0) is 15.2. The molecule has 0 heterocycles. The molecule has 0 unspecified atom stereocenters. The summed E-state index contributed by atoms with van der Waals surface area (Å²) in [5, 5.41) is 2.95. The molecule has 0 atom stereocenters. The van der Waals surface area contributed by atoms with Gasteiger partial charge >= 0.3 is 0 Å². The van der Waals surface area contributed by atoms with Crippen molar-refractivity contribution in [2.75, 3.05) is 19.8 Å². The molecule has 4 heteroatoms. The predicted octanol–water partition coefficient (Wildman–Crippen LogP) is 2.26. The van der Waals surface area contributed by atoms with E-state index >= 15 is 0 Å². The standard InChI is InChI=1S/C17H21N3O/c1-20(2)12-15-6-4-3-5-14(15)11-19-17(21)13-7-9-16(18)10-8-13/h3-10H,11-12,18H2,1-2H3,(H,19,21). The van der Waals surface area contributed by atoms with Crippen LogP contribution in [0.3, 0.4) is 0 Å². The van der Waals surface area contributed by atoms with Crippen molar-refractivity contribution in [1.29, 1.82) is 0 Å². The van der Waals surface area contributed by atoms with Gasteiger partial charge in [-0.25, -0.2) is 0 Å². The van der Waals surface area contributed by atoms with E-state index in [4.69, 9.17) is 5.73 Å². The molecule has 0 saturated heterocycles. The van der Waals surface area contributed by atoms with E-state index in [2.05, 4.69) is 16.3 Å². The second kappa shape index (κ2) is 6.90. The third kappa shape index (κ3) is 4.33. The highest BCUT2D eigenvalue weighted by Crippen LogP contribution is 2.11. The molecule has 2 aromatic carbocycles. The van der Waals surface area contributed by atoms with Crippen molar-refractivity contribution in [2.24, 2.45) is 0 Å². The van der Waals surface area contributed by atoms with Crippen LogP contribution in [0.2, 0.25) is 0 Å². The van der Waals surface area contributed by atoms with Gasteiger partial charge in [0.25, 0.3) is 5.91 Å². The van der Waals surface area contributed by atoms with Gasteiger partial charge in [-0.2, -0.15) is 0 Å². The Morgan fingerprint density at radius 1 is 1.05 bits per heavy atom. The molecule has 0 spiro atoms. The molecule has 1 amide bonds. The van der Waals surface area contributed by atoms with Crippen LogP contribution in [0.5, 0.6) is 0 Å². The summed E-state index contributed by atoms with van der Waals surface area (Å²) in [6.07, 6.45) is 0. The Hall–Kier alpha value is -2.33. The third-order valence-electron chi connectivity index (χ3n) is 3.22. The largest absolute Gasteiger partial charge is 0.399 e. The number of nitrogen functional groups attached to an aromatic ring is 1. The van der Waals surface area contributed by atoms with Crippen LogP contribution in [-0.4, -0.2) is 24.9 Å². The highest BCUT2D eigenvalue weighted by molar-refractivity contribution is 5.94. The zero-order valence-corrected chi connectivity index (χ0v) is 12.5. The van der Waals surface area contributed by atoms with Gasteiger partial charge in [0, 0.05) is 24.3 Å². The molecule has 0 aliphatic rings. The Morgan fingerprint density at radius 2 is 1.67 bits per heavy atom. The van der Waals surface area contributed by atoms with Crippen LogP contribution in [0.25, 0.3) is 0 Å². The number of hydrogen-bond donors (Lipinski definition) is 2. The molecule has 2 aromatic rings. The number of hydrogen-bond acceptors (Lipinski definition) is 3. The van der Waals surface area contributed by atoms with E-state index in [0.717, 1.165) is 12.1 Å². The first-order valence-corrected chi connectivity index (χ1v) is 6.91. The average Bonchev–Trinajstić information content (AvgIpc) is 2.46. The van der Waals surface area contributed by atoms with E-state index in [1.54, 1.807) is 24.3 Å². The molecule has 0 fully saturated rings. The van der Waals surface area contributed by atoms with E-state index in [-0.39, 0.29) is 5.91 Å². The molecule has 0 radical (unpaired) electrons. The van der Waals surface area contributed by atoms with E-state index in [0.29, 0.717) is 17.8 Å². The lowest BCUT2D eigenvalue weighted by Crippen LogP contribution is -2.24. The minimum absolute atomic E-state index is 0.0883. The van der Waals surface area contributed by atoms with Gasteiger partial charge in [0.15, 0.2) is 0 Å². The lowest BCUT2D eigenvalue weighted by atomic mass is 10.1. The Balaban J connectivity index is 2.02. The van der Waals surface area contributed by atoms with E-state index in [1.165, 1.54) is 5.56 Å². The quantitative estimate of drug-likeness (QED) is 0.828. The number of benzene rings is 2. The third-order valence-corrected chi connectivity index (χ3v) is 3.22. The van der Waals surface area contributed by atoms with Gasteiger partial charge in [-0.1, -0.05) is 24.3 Å². The van der Waals surface area contributed by atoms with Crippen LogP contribution >= 0.6 is 0 Å². The summed E-state index contributed by atoms with van der Waals surface area (Å²) in [5.41, 5.74) is 9.25. The van der Waals surface area contributed by atoms with E-state index in [1.807, 2.05) is 32.3 Å². The second-order valence-corrected chi connectivity index (χ2v) is 5.31. The minimum Gasteiger partial charge on any atom is -0.399 e. The monoisotopic (exact) mass is 283 g/mol. The Kier molecular flexibility index (Phi) is 4.95. The van der Waals surface area contributed by atoms with Gasteiger partial charge in [0.1, 0.15) is 0 Å². The number of carbonyl (C=O) groups excluding carboxylic acids is 1. The van der Waals surface area contributed by atoms with Crippen LogP contribution in [0.15, 0.2) is 48.5 Å². The summed E-state index contributed by atoms with van der Waals surface area (Å²) in [4.78, 5) is 14.2. The Bertz CT molecular complexity index is 606. The number of nitrogens with one attached hydrogen (secondary N) is 1. The molecular formula is C17H21N3O. The average molecular weight is 283 g/mol. The first-order valence-electron chi connectivity index (χ1n) is 6.91. The summed E-state index contributed by atoms with van der Waals surface area (Å²) < 4.78 is 0. The molecule has 110 valence electrons. The fourth-order valence-electron chi connectivity index (χ4n) is 2.14. The summed E-state index contributed by atoms with van der Waals surface area (Å²) >= 11 is 0. The first-order chi connectivity index (χ1) is 10.1. The normalized spacial score (nSPS) is 10.6. The predicted molar refractivity (Wildman–Crippen MR) is 85.9 cm³/mol. The zero-order valence-electron chi connectivity index (χ0n) is 12.5. The van der Waals surface area contributed by atoms with Crippen LogP contribution in [-0.2, 0) is 13.1 Å². The maximum atomic E-state index is 12.1. The summed E-state index contributed by atoms with van der Waals surface area (Å²) in [6.45, 7) is 1.38. The lowest BCUT2D eigenvalue weighted by molar-refractivity contribution is 0.0951. The van der Waals surface area contributed by atoms with Gasteiger partial charge in [-0.15, -0.1) is 0 Å². The number of rotatable bonds is 5. The number of nitrogens with zero attached hydrogens (tertiary/aromatic N) is 1. The Labute approximate surface area is 125 Å².